The summed E-state index contributed by atoms with van der Waals surface area (Å²) >= 11 is 1.26. The molecule has 5 nitrogen and oxygen atoms in total. The lowest BCUT2D eigenvalue weighted by atomic mass is 10.1. The highest BCUT2D eigenvalue weighted by molar-refractivity contribution is 7.99. The van der Waals surface area contributed by atoms with Crippen LogP contribution in [0, 0.1) is 6.92 Å². The van der Waals surface area contributed by atoms with Crippen LogP contribution in [0.3, 0.4) is 0 Å². The maximum atomic E-state index is 12.4. The summed E-state index contributed by atoms with van der Waals surface area (Å²) in [6, 6.07) is 16.2. The number of benzene rings is 2. The second-order valence-electron chi connectivity index (χ2n) is 6.45. The Labute approximate surface area is 163 Å². The second-order valence-corrected chi connectivity index (χ2v) is 7.38. The molecule has 0 radical (unpaired) electrons. The molecule has 0 unspecified atom stereocenters. The van der Waals surface area contributed by atoms with Gasteiger partial charge in [0.2, 0.25) is 11.8 Å². The zero-order valence-corrected chi connectivity index (χ0v) is 16.6. The van der Waals surface area contributed by atoms with E-state index >= 15 is 0 Å². The van der Waals surface area contributed by atoms with Gasteiger partial charge in [-0.25, -0.2) is 0 Å². The SMILES string of the molecule is CCc1ccc(CN(C)C(=O)CSc2nnc(-c3cccc(C)c3)o2)cc1. The first-order chi connectivity index (χ1) is 13.0. The maximum absolute atomic E-state index is 12.4. The molecule has 2 aromatic carbocycles. The summed E-state index contributed by atoms with van der Waals surface area (Å²) in [5.41, 5.74) is 4.42. The van der Waals surface area contributed by atoms with Crippen molar-refractivity contribution in [2.75, 3.05) is 12.8 Å². The van der Waals surface area contributed by atoms with E-state index in [-0.39, 0.29) is 11.7 Å². The number of carbonyl (C=O) groups is 1. The second kappa shape index (κ2) is 8.86. The molecule has 0 N–H and O–H groups in total. The zero-order chi connectivity index (χ0) is 19.2. The van der Waals surface area contributed by atoms with E-state index in [0.29, 0.717) is 17.7 Å². The Kier molecular flexibility index (Phi) is 6.29. The third-order valence-corrected chi connectivity index (χ3v) is 5.07. The molecular weight excluding hydrogens is 358 g/mol. The van der Waals surface area contributed by atoms with Crippen LogP contribution in [-0.4, -0.2) is 33.8 Å². The summed E-state index contributed by atoms with van der Waals surface area (Å²) in [7, 11) is 1.81. The summed E-state index contributed by atoms with van der Waals surface area (Å²) in [6.45, 7) is 4.73. The molecule has 27 heavy (non-hydrogen) atoms. The van der Waals surface area contributed by atoms with Gasteiger partial charge in [0.25, 0.3) is 5.22 Å². The van der Waals surface area contributed by atoms with Crippen molar-refractivity contribution in [2.24, 2.45) is 0 Å². The van der Waals surface area contributed by atoms with Crippen LogP contribution in [0.2, 0.25) is 0 Å². The normalized spacial score (nSPS) is 10.8. The first-order valence-corrected chi connectivity index (χ1v) is 9.89. The highest BCUT2D eigenvalue weighted by Crippen LogP contribution is 2.24. The summed E-state index contributed by atoms with van der Waals surface area (Å²) in [5, 5.41) is 8.51. The molecule has 0 fully saturated rings. The van der Waals surface area contributed by atoms with Gasteiger partial charge < -0.3 is 9.32 Å². The van der Waals surface area contributed by atoms with Gasteiger partial charge in [-0.15, -0.1) is 10.2 Å². The number of hydrogen-bond acceptors (Lipinski definition) is 5. The smallest absolute Gasteiger partial charge is 0.277 e. The van der Waals surface area contributed by atoms with Crippen molar-refractivity contribution in [3.63, 3.8) is 0 Å². The molecule has 0 aliphatic heterocycles. The number of thioether (sulfide) groups is 1. The van der Waals surface area contributed by atoms with Crippen LogP contribution < -0.4 is 0 Å². The van der Waals surface area contributed by atoms with E-state index in [1.165, 1.54) is 17.3 Å². The third kappa shape index (κ3) is 5.20. The fraction of sp³-hybridized carbons (Fsp3) is 0.286. The minimum absolute atomic E-state index is 0.0230. The van der Waals surface area contributed by atoms with Crippen molar-refractivity contribution in [3.05, 3.63) is 65.2 Å². The van der Waals surface area contributed by atoms with Gasteiger partial charge in [-0.3, -0.25) is 4.79 Å². The molecular formula is C21H23N3O2S. The van der Waals surface area contributed by atoms with Crippen molar-refractivity contribution >= 4 is 17.7 Å². The molecule has 1 aromatic heterocycles. The first-order valence-electron chi connectivity index (χ1n) is 8.90. The molecule has 0 saturated carbocycles. The number of amides is 1. The lowest BCUT2D eigenvalue weighted by molar-refractivity contribution is -0.127. The number of aryl methyl sites for hydroxylation is 2. The van der Waals surface area contributed by atoms with Crippen LogP contribution in [-0.2, 0) is 17.8 Å². The summed E-state index contributed by atoms with van der Waals surface area (Å²) in [4.78, 5) is 14.1. The Hall–Kier alpha value is -2.60. The fourth-order valence-corrected chi connectivity index (χ4v) is 3.34. The lowest BCUT2D eigenvalue weighted by Crippen LogP contribution is -2.27. The zero-order valence-electron chi connectivity index (χ0n) is 15.8. The number of hydrogen-bond donors (Lipinski definition) is 0. The minimum Gasteiger partial charge on any atom is -0.411 e. The Morgan fingerprint density at radius 1 is 1.11 bits per heavy atom. The highest BCUT2D eigenvalue weighted by atomic mass is 32.2. The van der Waals surface area contributed by atoms with Gasteiger partial charge in [0.05, 0.1) is 5.75 Å². The Morgan fingerprint density at radius 2 is 1.85 bits per heavy atom. The number of carbonyl (C=O) groups excluding carboxylic acids is 1. The predicted octanol–water partition coefficient (Wildman–Crippen LogP) is 4.36. The van der Waals surface area contributed by atoms with Crippen LogP contribution in [0.15, 0.2) is 58.2 Å². The van der Waals surface area contributed by atoms with Crippen molar-refractivity contribution < 1.29 is 9.21 Å². The standard InChI is InChI=1S/C21H23N3O2S/c1-4-16-8-10-17(11-9-16)13-24(3)19(25)14-27-21-23-22-20(26-21)18-7-5-6-15(2)12-18/h5-12H,4,13-14H2,1-3H3. The molecule has 0 saturated heterocycles. The fourth-order valence-electron chi connectivity index (χ4n) is 2.64. The minimum atomic E-state index is 0.0230. The Balaban J connectivity index is 1.54. The summed E-state index contributed by atoms with van der Waals surface area (Å²) in [5.74, 6) is 0.756. The number of nitrogens with zero attached hydrogens (tertiary/aromatic N) is 3. The van der Waals surface area contributed by atoms with Crippen LogP contribution in [0.4, 0.5) is 0 Å². The Morgan fingerprint density at radius 3 is 2.56 bits per heavy atom. The van der Waals surface area contributed by atoms with Gasteiger partial charge in [-0.1, -0.05) is 60.6 Å². The molecule has 0 spiro atoms. The van der Waals surface area contributed by atoms with Crippen LogP contribution in [0.25, 0.3) is 11.5 Å². The largest absolute Gasteiger partial charge is 0.411 e. The topological polar surface area (TPSA) is 59.2 Å². The quantitative estimate of drug-likeness (QED) is 0.569. The van der Waals surface area contributed by atoms with Crippen LogP contribution in [0.1, 0.15) is 23.6 Å². The molecule has 6 heteroatoms. The molecule has 1 amide bonds. The van der Waals surface area contributed by atoms with Gasteiger partial charge in [0, 0.05) is 19.2 Å². The molecule has 140 valence electrons. The van der Waals surface area contributed by atoms with Gasteiger partial charge in [-0.05, 0) is 36.6 Å². The van der Waals surface area contributed by atoms with Gasteiger partial charge in [0.15, 0.2) is 0 Å². The first kappa shape index (κ1) is 19.2. The van der Waals surface area contributed by atoms with Crippen LogP contribution in [0.5, 0.6) is 0 Å². The van der Waals surface area contributed by atoms with E-state index in [2.05, 4.69) is 41.4 Å². The molecule has 3 aromatic rings. The Bertz CT molecular complexity index is 906. The molecule has 0 atom stereocenters. The van der Waals surface area contributed by atoms with Crippen molar-refractivity contribution in [1.82, 2.24) is 15.1 Å². The van der Waals surface area contributed by atoms with E-state index in [4.69, 9.17) is 4.42 Å². The molecule has 0 aliphatic carbocycles. The monoisotopic (exact) mass is 381 g/mol. The number of aromatic nitrogens is 2. The van der Waals surface area contributed by atoms with E-state index in [1.807, 2.05) is 38.2 Å². The van der Waals surface area contributed by atoms with E-state index < -0.39 is 0 Å². The number of rotatable bonds is 7. The maximum Gasteiger partial charge on any atom is 0.277 e. The highest BCUT2D eigenvalue weighted by Gasteiger charge is 2.14. The van der Waals surface area contributed by atoms with Crippen molar-refractivity contribution in [3.8, 4) is 11.5 Å². The third-order valence-electron chi connectivity index (χ3n) is 4.27. The average Bonchev–Trinajstić information content (AvgIpc) is 3.16. The van der Waals surface area contributed by atoms with E-state index in [1.54, 1.807) is 4.90 Å². The van der Waals surface area contributed by atoms with Crippen molar-refractivity contribution in [2.45, 2.75) is 32.0 Å². The van der Waals surface area contributed by atoms with Gasteiger partial charge in [-0.2, -0.15) is 0 Å². The van der Waals surface area contributed by atoms with Crippen LogP contribution >= 0.6 is 11.8 Å². The summed E-state index contributed by atoms with van der Waals surface area (Å²) < 4.78 is 5.67. The lowest BCUT2D eigenvalue weighted by Gasteiger charge is -2.16. The molecule has 0 bridgehead atoms. The average molecular weight is 382 g/mol. The van der Waals surface area contributed by atoms with E-state index in [9.17, 15) is 4.79 Å². The van der Waals surface area contributed by atoms with E-state index in [0.717, 1.165) is 23.1 Å². The van der Waals surface area contributed by atoms with Gasteiger partial charge in [0.1, 0.15) is 0 Å². The van der Waals surface area contributed by atoms with Gasteiger partial charge >= 0.3 is 0 Å². The molecule has 0 aliphatic rings. The molecule has 1 heterocycles. The summed E-state index contributed by atoms with van der Waals surface area (Å²) in [6.07, 6.45) is 1.01. The predicted molar refractivity (Wildman–Crippen MR) is 107 cm³/mol. The molecule has 3 rings (SSSR count). The van der Waals surface area contributed by atoms with Crippen molar-refractivity contribution in [1.29, 1.82) is 0 Å².